The SMILES string of the molecule is CCCCCCCCCCCCCCCCCCNC(CC)[N+](C)(C)[Si](OC)(OC)OC. The van der Waals surface area contributed by atoms with Crippen LogP contribution in [0.3, 0.4) is 0 Å². The van der Waals surface area contributed by atoms with Crippen LogP contribution in [0.4, 0.5) is 0 Å². The second-order valence-corrected chi connectivity index (χ2v) is 13.3. The fraction of sp³-hybridized carbons (Fsp3) is 1.00. The second kappa shape index (κ2) is 20.4. The van der Waals surface area contributed by atoms with Gasteiger partial charge in [0, 0.05) is 34.3 Å². The Morgan fingerprint density at radius 1 is 0.594 bits per heavy atom. The topological polar surface area (TPSA) is 39.7 Å². The Hall–Kier alpha value is 0.0169. The van der Waals surface area contributed by atoms with Crippen molar-refractivity contribution in [3.05, 3.63) is 0 Å². The van der Waals surface area contributed by atoms with Crippen LogP contribution >= 0.6 is 0 Å². The molecule has 0 heterocycles. The third kappa shape index (κ3) is 12.5. The molecular weight excluding hydrogens is 416 g/mol. The molecule has 32 heavy (non-hydrogen) atoms. The van der Waals surface area contributed by atoms with E-state index in [0.717, 1.165) is 13.0 Å². The van der Waals surface area contributed by atoms with Crippen LogP contribution < -0.4 is 5.32 Å². The summed E-state index contributed by atoms with van der Waals surface area (Å²) in [6, 6.07) is 0. The number of nitrogens with zero attached hydrogens (tertiary/aromatic N) is 1. The predicted molar refractivity (Wildman–Crippen MR) is 141 cm³/mol. The molecule has 0 fully saturated rings. The Kier molecular flexibility index (Phi) is 20.4. The number of quaternary nitrogens is 1. The van der Waals surface area contributed by atoms with Crippen LogP contribution in [0.25, 0.3) is 0 Å². The van der Waals surface area contributed by atoms with Crippen molar-refractivity contribution in [2.75, 3.05) is 42.0 Å². The van der Waals surface area contributed by atoms with Gasteiger partial charge >= 0.3 is 8.97 Å². The summed E-state index contributed by atoms with van der Waals surface area (Å²) in [5.74, 6) is 0. The molecular formula is C26H59N2O3Si+. The van der Waals surface area contributed by atoms with E-state index in [-0.39, 0.29) is 6.17 Å². The number of unbranched alkanes of at least 4 members (excludes halogenated alkanes) is 15. The summed E-state index contributed by atoms with van der Waals surface area (Å²) in [5, 5.41) is 3.73. The zero-order chi connectivity index (χ0) is 24.1. The third-order valence-electron chi connectivity index (χ3n) is 7.06. The molecule has 0 aliphatic heterocycles. The van der Waals surface area contributed by atoms with Crippen LogP contribution in [-0.2, 0) is 13.3 Å². The Labute approximate surface area is 203 Å². The maximum Gasteiger partial charge on any atom is 0.784 e. The first-order chi connectivity index (χ1) is 15.5. The molecule has 0 rings (SSSR count). The average Bonchev–Trinajstić information content (AvgIpc) is 2.79. The molecule has 0 aliphatic rings. The lowest BCUT2D eigenvalue weighted by molar-refractivity contribution is -0.849. The van der Waals surface area contributed by atoms with E-state index in [1.54, 1.807) is 21.3 Å². The number of rotatable bonds is 24. The summed E-state index contributed by atoms with van der Waals surface area (Å²) < 4.78 is 17.8. The Morgan fingerprint density at radius 3 is 1.25 bits per heavy atom. The smallest absolute Gasteiger partial charge is 0.328 e. The van der Waals surface area contributed by atoms with Gasteiger partial charge in [-0.05, 0) is 6.42 Å². The molecule has 1 atom stereocenters. The summed E-state index contributed by atoms with van der Waals surface area (Å²) in [6.07, 6.45) is 23.8. The monoisotopic (exact) mass is 475 g/mol. The predicted octanol–water partition coefficient (Wildman–Crippen LogP) is 7.02. The van der Waals surface area contributed by atoms with Crippen molar-refractivity contribution in [1.29, 1.82) is 0 Å². The average molecular weight is 476 g/mol. The van der Waals surface area contributed by atoms with Crippen molar-refractivity contribution in [2.45, 2.75) is 129 Å². The molecule has 0 radical (unpaired) electrons. The van der Waals surface area contributed by atoms with Crippen LogP contribution in [0.15, 0.2) is 0 Å². The molecule has 0 amide bonds. The summed E-state index contributed by atoms with van der Waals surface area (Å²) in [5.41, 5.74) is 0. The lowest BCUT2D eigenvalue weighted by Gasteiger charge is -2.45. The van der Waals surface area contributed by atoms with E-state index < -0.39 is 8.97 Å². The van der Waals surface area contributed by atoms with Gasteiger partial charge in [0.25, 0.3) is 0 Å². The van der Waals surface area contributed by atoms with Crippen molar-refractivity contribution in [3.8, 4) is 0 Å². The Bertz CT molecular complexity index is 398. The highest BCUT2D eigenvalue weighted by Gasteiger charge is 2.62. The van der Waals surface area contributed by atoms with E-state index in [1.165, 1.54) is 103 Å². The summed E-state index contributed by atoms with van der Waals surface area (Å²) in [6.45, 7) is 5.55. The molecule has 0 saturated heterocycles. The Morgan fingerprint density at radius 2 is 0.938 bits per heavy atom. The highest BCUT2D eigenvalue weighted by molar-refractivity contribution is 6.52. The van der Waals surface area contributed by atoms with E-state index in [0.29, 0.717) is 4.15 Å². The van der Waals surface area contributed by atoms with Crippen LogP contribution in [-0.4, -0.2) is 61.2 Å². The van der Waals surface area contributed by atoms with E-state index in [9.17, 15) is 0 Å². The van der Waals surface area contributed by atoms with Gasteiger partial charge in [0.15, 0.2) is 0 Å². The summed E-state index contributed by atoms with van der Waals surface area (Å²) in [7, 11) is 6.62. The molecule has 0 aromatic carbocycles. The van der Waals surface area contributed by atoms with Gasteiger partial charge in [0.1, 0.15) is 6.17 Å². The summed E-state index contributed by atoms with van der Waals surface area (Å²) in [4.78, 5) is 0. The normalized spacial score (nSPS) is 13.6. The van der Waals surface area contributed by atoms with Crippen molar-refractivity contribution in [2.24, 2.45) is 0 Å². The van der Waals surface area contributed by atoms with Gasteiger partial charge in [-0.25, -0.2) is 0 Å². The van der Waals surface area contributed by atoms with E-state index in [2.05, 4.69) is 33.3 Å². The van der Waals surface area contributed by atoms with Gasteiger partial charge in [-0.1, -0.05) is 110 Å². The third-order valence-corrected chi connectivity index (χ3v) is 10.3. The van der Waals surface area contributed by atoms with Gasteiger partial charge < -0.3 is 17.4 Å². The van der Waals surface area contributed by atoms with Crippen LogP contribution in [0, 0.1) is 0 Å². The lowest BCUT2D eigenvalue weighted by atomic mass is 10.0. The second-order valence-electron chi connectivity index (χ2n) is 9.86. The highest BCUT2D eigenvalue weighted by Crippen LogP contribution is 2.23. The zero-order valence-corrected chi connectivity index (χ0v) is 24.0. The maximum absolute atomic E-state index is 5.75. The molecule has 1 N–H and O–H groups in total. The molecule has 1 unspecified atom stereocenters. The molecule has 0 spiro atoms. The van der Waals surface area contributed by atoms with Gasteiger partial charge in [-0.3, -0.25) is 5.32 Å². The first-order valence-electron chi connectivity index (χ1n) is 13.7. The number of nitrogens with one attached hydrogen (secondary N) is 1. The van der Waals surface area contributed by atoms with Crippen LogP contribution in [0.5, 0.6) is 0 Å². The van der Waals surface area contributed by atoms with Crippen LogP contribution in [0.1, 0.15) is 123 Å². The van der Waals surface area contributed by atoms with Crippen molar-refractivity contribution < 1.29 is 17.4 Å². The fourth-order valence-electron chi connectivity index (χ4n) is 4.92. The van der Waals surface area contributed by atoms with Gasteiger partial charge in [-0.15, -0.1) is 0 Å². The first kappa shape index (κ1) is 32.0. The van der Waals surface area contributed by atoms with Gasteiger partial charge in [-0.2, -0.15) is 0 Å². The van der Waals surface area contributed by atoms with Crippen molar-refractivity contribution in [3.63, 3.8) is 0 Å². The van der Waals surface area contributed by atoms with Crippen molar-refractivity contribution in [1.82, 2.24) is 5.32 Å². The minimum absolute atomic E-state index is 0.262. The van der Waals surface area contributed by atoms with E-state index in [4.69, 9.17) is 13.3 Å². The molecule has 0 saturated carbocycles. The molecule has 0 aliphatic carbocycles. The highest BCUT2D eigenvalue weighted by atomic mass is 28.4. The van der Waals surface area contributed by atoms with E-state index in [1.807, 2.05) is 0 Å². The van der Waals surface area contributed by atoms with Gasteiger partial charge in [0.2, 0.25) is 0 Å². The largest absolute Gasteiger partial charge is 0.784 e. The maximum atomic E-state index is 5.75. The molecule has 0 aromatic rings. The Balaban J connectivity index is 3.70. The lowest BCUT2D eigenvalue weighted by Crippen LogP contribution is -2.74. The van der Waals surface area contributed by atoms with Crippen molar-refractivity contribution >= 4 is 8.97 Å². The number of hydrogen-bond acceptors (Lipinski definition) is 4. The molecule has 5 nitrogen and oxygen atoms in total. The van der Waals surface area contributed by atoms with Gasteiger partial charge in [0.05, 0.1) is 14.1 Å². The first-order valence-corrected chi connectivity index (χ1v) is 15.3. The molecule has 0 aromatic heterocycles. The molecule has 194 valence electrons. The molecule has 0 bridgehead atoms. The number of hydrogen-bond donors (Lipinski definition) is 1. The minimum atomic E-state index is -2.77. The summed E-state index contributed by atoms with van der Waals surface area (Å²) >= 11 is 0. The molecule has 6 heteroatoms. The van der Waals surface area contributed by atoms with Crippen LogP contribution in [0.2, 0.25) is 0 Å². The zero-order valence-electron chi connectivity index (χ0n) is 23.0. The fourth-order valence-corrected chi connectivity index (χ4v) is 7.48. The minimum Gasteiger partial charge on any atom is -0.328 e. The van der Waals surface area contributed by atoms with E-state index >= 15 is 0 Å². The quantitative estimate of drug-likeness (QED) is 0.0924. The standard InChI is InChI=1S/C26H59N2O3Si/c1-8-10-11-12-13-14-15-16-17-18-19-20-21-22-23-24-25-27-26(9-2)28(3,4)32(29-5,30-6)31-7/h26-27H,8-25H2,1-7H3/q+1.